The van der Waals surface area contributed by atoms with Gasteiger partial charge < -0.3 is 9.64 Å². The van der Waals surface area contributed by atoms with E-state index in [-0.39, 0.29) is 46.2 Å². The van der Waals surface area contributed by atoms with E-state index in [1.54, 1.807) is 56.0 Å². The van der Waals surface area contributed by atoms with Crippen molar-refractivity contribution in [3.63, 3.8) is 0 Å². The maximum absolute atomic E-state index is 13.7. The second-order valence-corrected chi connectivity index (χ2v) is 8.24. The molecule has 8 nitrogen and oxygen atoms in total. The molecule has 0 saturated carbocycles. The van der Waals surface area contributed by atoms with Crippen LogP contribution in [0.5, 0.6) is 0 Å². The van der Waals surface area contributed by atoms with E-state index in [1.165, 1.54) is 4.57 Å². The highest BCUT2D eigenvalue weighted by molar-refractivity contribution is 6.32. The Morgan fingerprint density at radius 1 is 1.06 bits per heavy atom. The van der Waals surface area contributed by atoms with Crippen molar-refractivity contribution in [2.75, 3.05) is 19.7 Å². The van der Waals surface area contributed by atoms with E-state index in [0.29, 0.717) is 24.2 Å². The summed E-state index contributed by atoms with van der Waals surface area (Å²) >= 11 is 6.34. The monoisotopic (exact) mass is 485 g/mol. The summed E-state index contributed by atoms with van der Waals surface area (Å²) in [6.45, 7) is 9.63. The van der Waals surface area contributed by atoms with Crippen molar-refractivity contribution in [1.82, 2.24) is 14.0 Å². The molecule has 3 rings (SSSR count). The quantitative estimate of drug-likeness (QED) is 0.478. The maximum atomic E-state index is 13.7. The molecule has 0 fully saturated rings. The van der Waals surface area contributed by atoms with Gasteiger partial charge in [0.15, 0.2) is 0 Å². The van der Waals surface area contributed by atoms with Crippen LogP contribution in [0.15, 0.2) is 39.9 Å². The lowest BCUT2D eigenvalue weighted by Gasteiger charge is -2.22. The predicted octanol–water partition coefficient (Wildman–Crippen LogP) is 3.47. The minimum Gasteiger partial charge on any atom is -0.462 e. The minimum absolute atomic E-state index is 0.153. The van der Waals surface area contributed by atoms with Crippen LogP contribution in [-0.2, 0) is 16.1 Å². The van der Waals surface area contributed by atoms with Crippen LogP contribution >= 0.6 is 11.6 Å². The van der Waals surface area contributed by atoms with Crippen LogP contribution in [0.25, 0.3) is 16.6 Å². The molecule has 0 bridgehead atoms. The van der Waals surface area contributed by atoms with E-state index in [1.807, 2.05) is 13.8 Å². The highest BCUT2D eigenvalue weighted by Gasteiger charge is 2.24. The first-order chi connectivity index (χ1) is 16.2. The van der Waals surface area contributed by atoms with Gasteiger partial charge in [-0.2, -0.15) is 0 Å². The third kappa shape index (κ3) is 4.37. The third-order valence-corrected chi connectivity index (χ3v) is 6.19. The number of ether oxygens (including phenoxy) is 1. The fourth-order valence-electron chi connectivity index (χ4n) is 4.19. The van der Waals surface area contributed by atoms with E-state index in [9.17, 15) is 19.2 Å². The normalized spacial score (nSPS) is 11.0. The van der Waals surface area contributed by atoms with Crippen molar-refractivity contribution in [3.8, 4) is 5.69 Å². The van der Waals surface area contributed by atoms with Crippen molar-refractivity contribution in [3.05, 3.63) is 72.9 Å². The highest BCUT2D eigenvalue weighted by atomic mass is 35.5. The Balaban J connectivity index is 2.47. The van der Waals surface area contributed by atoms with Crippen molar-refractivity contribution in [2.45, 2.75) is 41.2 Å². The van der Waals surface area contributed by atoms with Gasteiger partial charge in [-0.25, -0.2) is 14.2 Å². The molecular formula is C25H28ClN3O5. The largest absolute Gasteiger partial charge is 0.462 e. The minimum atomic E-state index is -0.686. The highest BCUT2D eigenvalue weighted by Crippen LogP contribution is 2.25. The van der Waals surface area contributed by atoms with Crippen LogP contribution in [0.3, 0.4) is 0 Å². The Morgan fingerprint density at radius 2 is 1.71 bits per heavy atom. The average Bonchev–Trinajstić information content (AvgIpc) is 2.78. The lowest BCUT2D eigenvalue weighted by atomic mass is 9.98. The van der Waals surface area contributed by atoms with Crippen molar-refractivity contribution in [2.24, 2.45) is 0 Å². The maximum Gasteiger partial charge on any atom is 0.338 e. The summed E-state index contributed by atoms with van der Waals surface area (Å²) in [4.78, 5) is 54.6. The molecular weight excluding hydrogens is 458 g/mol. The van der Waals surface area contributed by atoms with Gasteiger partial charge in [0.25, 0.3) is 5.56 Å². The number of aryl methyl sites for hydroxylation is 2. The van der Waals surface area contributed by atoms with Gasteiger partial charge in [0.1, 0.15) is 6.54 Å². The van der Waals surface area contributed by atoms with Gasteiger partial charge in [0.05, 0.1) is 33.8 Å². The molecule has 0 N–H and O–H groups in total. The zero-order valence-corrected chi connectivity index (χ0v) is 20.7. The number of nitrogens with zero attached hydrogens (tertiary/aromatic N) is 3. The van der Waals surface area contributed by atoms with Gasteiger partial charge in [-0.3, -0.25) is 14.2 Å². The lowest BCUT2D eigenvalue weighted by Crippen LogP contribution is -2.43. The lowest BCUT2D eigenvalue weighted by molar-refractivity contribution is -0.131. The first kappa shape index (κ1) is 25.2. The number of esters is 1. The van der Waals surface area contributed by atoms with E-state index < -0.39 is 17.2 Å². The number of para-hydroxylation sites is 1. The molecule has 0 aliphatic carbocycles. The number of aromatic nitrogens is 2. The molecule has 180 valence electrons. The Labute approximate surface area is 202 Å². The van der Waals surface area contributed by atoms with Crippen LogP contribution in [-0.4, -0.2) is 45.6 Å². The van der Waals surface area contributed by atoms with E-state index in [4.69, 9.17) is 16.3 Å². The van der Waals surface area contributed by atoms with Crippen LogP contribution in [0.1, 0.15) is 42.3 Å². The summed E-state index contributed by atoms with van der Waals surface area (Å²) in [5, 5.41) is 0.360. The molecule has 0 atom stereocenters. The number of fused-ring (bicyclic) bond motifs is 1. The van der Waals surface area contributed by atoms with Gasteiger partial charge >= 0.3 is 11.7 Å². The third-order valence-electron chi connectivity index (χ3n) is 5.87. The Hall–Kier alpha value is -3.39. The van der Waals surface area contributed by atoms with Crippen molar-refractivity contribution >= 4 is 34.4 Å². The zero-order valence-electron chi connectivity index (χ0n) is 20.0. The smallest absolute Gasteiger partial charge is 0.338 e. The van der Waals surface area contributed by atoms with Gasteiger partial charge in [-0.15, -0.1) is 0 Å². The number of rotatable bonds is 7. The van der Waals surface area contributed by atoms with E-state index >= 15 is 0 Å². The number of amides is 1. The number of carbonyl (C=O) groups is 2. The molecule has 1 aromatic heterocycles. The van der Waals surface area contributed by atoms with Gasteiger partial charge in [-0.05, 0) is 63.9 Å². The number of hydrogen-bond donors (Lipinski definition) is 0. The summed E-state index contributed by atoms with van der Waals surface area (Å²) in [5.74, 6) is -0.817. The summed E-state index contributed by atoms with van der Waals surface area (Å²) < 4.78 is 7.42. The van der Waals surface area contributed by atoms with Gasteiger partial charge in [0.2, 0.25) is 5.91 Å². The molecule has 0 aliphatic heterocycles. The fraction of sp³-hybridized carbons (Fsp3) is 0.360. The predicted molar refractivity (Wildman–Crippen MR) is 132 cm³/mol. The summed E-state index contributed by atoms with van der Waals surface area (Å²) in [6.07, 6.45) is 0. The van der Waals surface area contributed by atoms with Crippen LogP contribution in [0.4, 0.5) is 0 Å². The van der Waals surface area contributed by atoms with E-state index in [2.05, 4.69) is 0 Å². The Morgan fingerprint density at radius 3 is 2.29 bits per heavy atom. The number of likely N-dealkylation sites (N-methyl/N-ethyl adjacent to an activating group) is 1. The van der Waals surface area contributed by atoms with Crippen LogP contribution < -0.4 is 11.2 Å². The van der Waals surface area contributed by atoms with Gasteiger partial charge in [0, 0.05) is 13.1 Å². The molecule has 1 amide bonds. The number of halogens is 1. The molecule has 2 aromatic carbocycles. The number of carbonyl (C=O) groups excluding carboxylic acids is 2. The molecule has 34 heavy (non-hydrogen) atoms. The van der Waals surface area contributed by atoms with Crippen molar-refractivity contribution in [1.29, 1.82) is 0 Å². The zero-order chi connectivity index (χ0) is 25.2. The molecule has 0 aliphatic rings. The average molecular weight is 486 g/mol. The Bertz CT molecular complexity index is 1390. The first-order valence-electron chi connectivity index (χ1n) is 11.2. The van der Waals surface area contributed by atoms with Gasteiger partial charge in [-0.1, -0.05) is 23.7 Å². The summed E-state index contributed by atoms with van der Waals surface area (Å²) in [7, 11) is 0. The number of benzene rings is 2. The molecule has 9 heteroatoms. The Kier molecular flexibility index (Phi) is 7.61. The van der Waals surface area contributed by atoms with Crippen molar-refractivity contribution < 1.29 is 14.3 Å². The topological polar surface area (TPSA) is 90.6 Å². The summed E-state index contributed by atoms with van der Waals surface area (Å²) in [6, 6.07) is 8.07. The molecule has 0 radical (unpaired) electrons. The first-order valence-corrected chi connectivity index (χ1v) is 11.5. The van der Waals surface area contributed by atoms with E-state index in [0.717, 1.165) is 4.57 Å². The molecule has 3 aromatic rings. The van der Waals surface area contributed by atoms with Crippen LogP contribution in [0, 0.1) is 13.8 Å². The van der Waals surface area contributed by atoms with Crippen LogP contribution in [0.2, 0.25) is 5.02 Å². The standard InChI is InChI=1S/C25H28ClN3O5/c1-6-27(7-2)20(30)14-28-19-13-15(4)21(24(32)34-8-3)16(5)22(19)23(31)29(25(28)33)18-12-10-9-11-17(18)26/h9-13H,6-8,14H2,1-5H3. The molecule has 0 unspecified atom stereocenters. The SMILES string of the molecule is CCOC(=O)c1c(C)cc2c(c1C)c(=O)n(-c1ccccc1Cl)c(=O)n2CC(=O)N(CC)CC. The molecule has 1 heterocycles. The second-order valence-electron chi connectivity index (χ2n) is 7.83. The second kappa shape index (κ2) is 10.3. The molecule has 0 saturated heterocycles. The molecule has 0 spiro atoms. The fourth-order valence-corrected chi connectivity index (χ4v) is 4.42. The number of hydrogen-bond acceptors (Lipinski definition) is 5. The summed E-state index contributed by atoms with van der Waals surface area (Å²) in [5.41, 5.74) is 0.351.